The monoisotopic (exact) mass is 408 g/mol. The average Bonchev–Trinajstić information content (AvgIpc) is 2.65. The van der Waals surface area contributed by atoms with Gasteiger partial charge in [0.05, 0.1) is 7.11 Å². The van der Waals surface area contributed by atoms with Crippen LogP contribution in [0.25, 0.3) is 0 Å². The largest absolute Gasteiger partial charge is 0.497 e. The molecule has 0 spiro atoms. The number of hydrogen-bond acceptors (Lipinski definition) is 1. The van der Waals surface area contributed by atoms with Crippen molar-refractivity contribution in [2.24, 2.45) is 0 Å². The average molecular weight is 409 g/mol. The lowest BCUT2D eigenvalue weighted by molar-refractivity contribution is 0.414. The molecule has 0 bridgehead atoms. The molecule has 0 aliphatic rings. The van der Waals surface area contributed by atoms with Gasteiger partial charge in [-0.15, -0.1) is 0 Å². The van der Waals surface area contributed by atoms with Gasteiger partial charge in [0, 0.05) is 0 Å². The van der Waals surface area contributed by atoms with Gasteiger partial charge >= 0.3 is 0 Å². The van der Waals surface area contributed by atoms with Gasteiger partial charge in [-0.25, -0.2) is 0 Å². The van der Waals surface area contributed by atoms with E-state index in [1.54, 1.807) is 7.11 Å². The second kappa shape index (κ2) is 14.4. The molecular formula is C29H44O. The Labute approximate surface area is 187 Å². The molecule has 0 aliphatic carbocycles. The van der Waals surface area contributed by atoms with Crippen molar-refractivity contribution in [3.05, 3.63) is 99.1 Å². The highest BCUT2D eigenvalue weighted by molar-refractivity contribution is 5.33. The van der Waals surface area contributed by atoms with Crippen LogP contribution >= 0.6 is 0 Å². The van der Waals surface area contributed by atoms with E-state index in [-0.39, 0.29) is 14.9 Å². The van der Waals surface area contributed by atoms with Gasteiger partial charge in [-0.1, -0.05) is 68.4 Å². The lowest BCUT2D eigenvalue weighted by atomic mass is 10.1. The normalized spacial score (nSPS) is 8.97. The van der Waals surface area contributed by atoms with Crippen LogP contribution in [0.3, 0.4) is 0 Å². The van der Waals surface area contributed by atoms with Crippen LogP contribution in [-0.4, -0.2) is 7.11 Å². The van der Waals surface area contributed by atoms with Crippen molar-refractivity contribution in [3.8, 4) is 5.75 Å². The van der Waals surface area contributed by atoms with E-state index in [1.807, 2.05) is 12.1 Å². The van der Waals surface area contributed by atoms with Crippen molar-refractivity contribution in [1.29, 1.82) is 0 Å². The first-order valence-corrected chi connectivity index (χ1v) is 9.83. The fourth-order valence-corrected chi connectivity index (χ4v) is 2.62. The topological polar surface area (TPSA) is 9.23 Å². The van der Waals surface area contributed by atoms with Gasteiger partial charge in [-0.3, -0.25) is 0 Å². The molecule has 0 aromatic heterocycles. The minimum atomic E-state index is 0. The molecule has 0 amide bonds. The third-order valence-electron chi connectivity index (χ3n) is 5.04. The minimum Gasteiger partial charge on any atom is -0.497 e. The van der Waals surface area contributed by atoms with Crippen molar-refractivity contribution in [3.63, 3.8) is 0 Å². The summed E-state index contributed by atoms with van der Waals surface area (Å²) in [6.07, 6.45) is 0. The summed E-state index contributed by atoms with van der Waals surface area (Å²) in [6, 6.07) is 19.1. The van der Waals surface area contributed by atoms with Crippen LogP contribution in [0, 0.1) is 55.4 Å². The molecule has 1 heteroatoms. The van der Waals surface area contributed by atoms with Gasteiger partial charge < -0.3 is 4.74 Å². The first-order chi connectivity index (χ1) is 13.1. The molecule has 30 heavy (non-hydrogen) atoms. The summed E-state index contributed by atoms with van der Waals surface area (Å²) < 4.78 is 5.05. The SMILES string of the molecule is C.C.COc1ccc(C)c(C)c1.Cc1ccc(C)c(C)c1.Cc1ccc(C)c(C)c1. The van der Waals surface area contributed by atoms with Crippen LogP contribution in [0.2, 0.25) is 0 Å². The molecule has 3 rings (SSSR count). The van der Waals surface area contributed by atoms with E-state index in [4.69, 9.17) is 4.74 Å². The van der Waals surface area contributed by atoms with E-state index < -0.39 is 0 Å². The second-order valence-corrected chi connectivity index (χ2v) is 7.63. The van der Waals surface area contributed by atoms with Crippen LogP contribution < -0.4 is 4.74 Å². The smallest absolute Gasteiger partial charge is 0.119 e. The van der Waals surface area contributed by atoms with Crippen molar-refractivity contribution in [2.45, 2.75) is 70.2 Å². The van der Waals surface area contributed by atoms with E-state index in [2.05, 4.69) is 97.9 Å². The molecule has 1 nitrogen and oxygen atoms in total. The Morgan fingerprint density at radius 1 is 0.433 bits per heavy atom. The Morgan fingerprint density at radius 3 is 1.03 bits per heavy atom. The minimum absolute atomic E-state index is 0. The highest BCUT2D eigenvalue weighted by Crippen LogP contribution is 2.15. The summed E-state index contributed by atoms with van der Waals surface area (Å²) in [5.74, 6) is 0.933. The maximum absolute atomic E-state index is 5.05. The zero-order chi connectivity index (χ0) is 21.3. The summed E-state index contributed by atoms with van der Waals surface area (Å²) in [5.41, 5.74) is 10.8. The molecule has 0 unspecified atom stereocenters. The van der Waals surface area contributed by atoms with Crippen LogP contribution in [0.5, 0.6) is 5.75 Å². The molecule has 0 saturated heterocycles. The molecule has 166 valence electrons. The van der Waals surface area contributed by atoms with E-state index in [9.17, 15) is 0 Å². The van der Waals surface area contributed by atoms with Gasteiger partial charge in [0.15, 0.2) is 0 Å². The van der Waals surface area contributed by atoms with Gasteiger partial charge in [-0.2, -0.15) is 0 Å². The maximum atomic E-state index is 5.05. The molecule has 0 radical (unpaired) electrons. The van der Waals surface area contributed by atoms with E-state index in [0.29, 0.717) is 0 Å². The van der Waals surface area contributed by atoms with Gasteiger partial charge in [0.25, 0.3) is 0 Å². The van der Waals surface area contributed by atoms with E-state index in [1.165, 1.54) is 44.5 Å². The molecular weight excluding hydrogens is 364 g/mol. The molecule has 0 fully saturated rings. The number of methoxy groups -OCH3 is 1. The van der Waals surface area contributed by atoms with Gasteiger partial charge in [-0.05, 0) is 101 Å². The zero-order valence-corrected chi connectivity index (χ0v) is 19.1. The van der Waals surface area contributed by atoms with Gasteiger partial charge in [0.2, 0.25) is 0 Å². The predicted octanol–water partition coefficient (Wildman–Crippen LogP) is 8.81. The van der Waals surface area contributed by atoms with Crippen molar-refractivity contribution >= 4 is 0 Å². The Bertz CT molecular complexity index is 841. The highest BCUT2D eigenvalue weighted by atomic mass is 16.5. The number of aryl methyl sites for hydroxylation is 8. The third-order valence-corrected chi connectivity index (χ3v) is 5.04. The molecule has 3 aromatic carbocycles. The lowest BCUT2D eigenvalue weighted by Gasteiger charge is -2.02. The van der Waals surface area contributed by atoms with Gasteiger partial charge in [0.1, 0.15) is 5.75 Å². The zero-order valence-electron chi connectivity index (χ0n) is 19.1. The van der Waals surface area contributed by atoms with Crippen LogP contribution in [0.1, 0.15) is 59.4 Å². The van der Waals surface area contributed by atoms with Crippen molar-refractivity contribution in [1.82, 2.24) is 0 Å². The highest BCUT2D eigenvalue weighted by Gasteiger charge is 1.93. The standard InChI is InChI=1S/C9H12O.2C9H12.2CH4/c1-7-4-5-9(10-3)6-8(7)2;2*1-7-4-5-8(2)9(3)6-7;;/h4-6H,1-3H3;2*4-6H,1-3H3;2*1H4. The fraction of sp³-hybridized carbons (Fsp3) is 0.379. The molecule has 3 aromatic rings. The first kappa shape index (κ1) is 29.7. The number of ether oxygens (including phenoxy) is 1. The molecule has 0 N–H and O–H groups in total. The quantitative estimate of drug-likeness (QED) is 0.391. The maximum Gasteiger partial charge on any atom is 0.119 e. The molecule has 0 aliphatic heterocycles. The predicted molar refractivity (Wildman–Crippen MR) is 137 cm³/mol. The fourth-order valence-electron chi connectivity index (χ4n) is 2.62. The Morgan fingerprint density at radius 2 is 0.767 bits per heavy atom. The molecule has 0 heterocycles. The summed E-state index contributed by atoms with van der Waals surface area (Å²) >= 11 is 0. The molecule has 0 atom stereocenters. The Hall–Kier alpha value is -2.54. The Balaban J connectivity index is 0. The number of benzene rings is 3. The Kier molecular flexibility index (Phi) is 14.3. The van der Waals surface area contributed by atoms with E-state index in [0.717, 1.165) is 5.75 Å². The van der Waals surface area contributed by atoms with E-state index >= 15 is 0 Å². The second-order valence-electron chi connectivity index (χ2n) is 7.63. The summed E-state index contributed by atoms with van der Waals surface area (Å²) in [7, 11) is 1.68. The summed E-state index contributed by atoms with van der Waals surface area (Å²) in [5, 5.41) is 0. The summed E-state index contributed by atoms with van der Waals surface area (Å²) in [4.78, 5) is 0. The van der Waals surface area contributed by atoms with Crippen molar-refractivity contribution in [2.75, 3.05) is 7.11 Å². The summed E-state index contributed by atoms with van der Waals surface area (Å²) in [6.45, 7) is 17.0. The lowest BCUT2D eigenvalue weighted by Crippen LogP contribution is -1.85. The number of rotatable bonds is 1. The molecule has 0 saturated carbocycles. The van der Waals surface area contributed by atoms with Crippen LogP contribution in [0.4, 0.5) is 0 Å². The first-order valence-electron chi connectivity index (χ1n) is 9.83. The van der Waals surface area contributed by atoms with Crippen LogP contribution in [-0.2, 0) is 0 Å². The van der Waals surface area contributed by atoms with Crippen molar-refractivity contribution < 1.29 is 4.74 Å². The number of hydrogen-bond donors (Lipinski definition) is 0. The third kappa shape index (κ3) is 10.3. The van der Waals surface area contributed by atoms with Crippen LogP contribution in [0.15, 0.2) is 54.6 Å².